The second kappa shape index (κ2) is 4.81. The quantitative estimate of drug-likeness (QED) is 0.638. The summed E-state index contributed by atoms with van der Waals surface area (Å²) >= 11 is 0. The van der Waals surface area contributed by atoms with E-state index in [1.54, 1.807) is 0 Å². The van der Waals surface area contributed by atoms with E-state index >= 15 is 0 Å². The molecule has 3 nitrogen and oxygen atoms in total. The molecule has 4 heteroatoms. The third-order valence-corrected chi connectivity index (χ3v) is 1.30. The van der Waals surface area contributed by atoms with E-state index in [9.17, 15) is 9.59 Å². The van der Waals surface area contributed by atoms with E-state index in [1.807, 2.05) is 0 Å². The number of rotatable bonds is 2. The molecular formula is C8H5O3Re-. The van der Waals surface area contributed by atoms with Crippen molar-refractivity contribution in [3.63, 3.8) is 0 Å². The fraction of sp³-hybridized carbons (Fsp3) is 0. The molecule has 0 saturated heterocycles. The monoisotopic (exact) mass is 336 g/mol. The molecule has 1 aromatic carbocycles. The molecule has 1 radical (unpaired) electrons. The van der Waals surface area contributed by atoms with Crippen LogP contribution in [0.2, 0.25) is 0 Å². The first kappa shape index (κ1) is 11.0. The number of aldehydes is 1. The van der Waals surface area contributed by atoms with Crippen molar-refractivity contribution < 1.29 is 35.1 Å². The summed E-state index contributed by atoms with van der Waals surface area (Å²) < 4.78 is 0. The van der Waals surface area contributed by atoms with Crippen molar-refractivity contribution in [1.29, 1.82) is 0 Å². The van der Waals surface area contributed by atoms with Gasteiger partial charge in [0.1, 0.15) is 6.29 Å². The van der Waals surface area contributed by atoms with Crippen molar-refractivity contribution in [3.05, 3.63) is 29.3 Å². The fourth-order valence-corrected chi connectivity index (χ4v) is 0.739. The van der Waals surface area contributed by atoms with Crippen LogP contribution in [0.15, 0.2) is 18.2 Å². The maximum absolute atomic E-state index is 10.2. The molecule has 0 spiro atoms. The molecular weight excluding hydrogens is 330 g/mol. The number of phenols is 1. The van der Waals surface area contributed by atoms with Crippen molar-refractivity contribution in [2.75, 3.05) is 0 Å². The van der Waals surface area contributed by atoms with Crippen LogP contribution >= 0.6 is 0 Å². The van der Waals surface area contributed by atoms with Gasteiger partial charge in [0, 0.05) is 26.2 Å². The smallest absolute Gasteiger partial charge is 0.141 e. The molecule has 0 aliphatic rings. The van der Waals surface area contributed by atoms with Crippen molar-refractivity contribution in [2.45, 2.75) is 0 Å². The van der Waals surface area contributed by atoms with Crippen LogP contribution in [0, 0.1) is 0 Å². The first-order chi connectivity index (χ1) is 5.29. The van der Waals surface area contributed by atoms with Crippen LogP contribution in [-0.4, -0.2) is 17.7 Å². The molecule has 63 valence electrons. The molecule has 0 atom stereocenters. The summed E-state index contributed by atoms with van der Waals surface area (Å²) in [5.74, 6) is -0.308. The van der Waals surface area contributed by atoms with Gasteiger partial charge in [-0.3, -0.25) is 4.79 Å². The van der Waals surface area contributed by atoms with Crippen LogP contribution in [0.3, 0.4) is 0 Å². The van der Waals surface area contributed by atoms with Crippen LogP contribution in [0.25, 0.3) is 0 Å². The zero-order chi connectivity index (χ0) is 8.27. The summed E-state index contributed by atoms with van der Waals surface area (Å²) in [6.45, 7) is 0. The second-order valence-electron chi connectivity index (χ2n) is 1.96. The Morgan fingerprint density at radius 2 is 2.08 bits per heavy atom. The minimum Gasteiger partial charge on any atom is -0.564 e. The molecule has 0 bridgehead atoms. The van der Waals surface area contributed by atoms with Crippen LogP contribution in [0.5, 0.6) is 5.75 Å². The predicted molar refractivity (Wildman–Crippen MR) is 38.3 cm³/mol. The third-order valence-electron chi connectivity index (χ3n) is 1.30. The molecule has 1 N–H and O–H groups in total. The first-order valence-electron chi connectivity index (χ1n) is 2.95. The maximum Gasteiger partial charge on any atom is 0.141 e. The van der Waals surface area contributed by atoms with E-state index in [1.165, 1.54) is 24.5 Å². The largest absolute Gasteiger partial charge is 0.564 e. The average Bonchev–Trinajstić information content (AvgIpc) is 2.05. The Balaban J connectivity index is 0.00000121. The van der Waals surface area contributed by atoms with Gasteiger partial charge in [-0.2, -0.15) is 6.07 Å². The summed E-state index contributed by atoms with van der Waals surface area (Å²) in [6, 6.07) is 4.31. The second-order valence-corrected chi connectivity index (χ2v) is 1.96. The van der Waals surface area contributed by atoms with Crippen LogP contribution in [0.4, 0.5) is 0 Å². The van der Waals surface area contributed by atoms with Gasteiger partial charge in [0.25, 0.3) is 0 Å². The number of carbonyl (C=O) groups excluding carboxylic acids is 2. The molecule has 0 aromatic heterocycles. The van der Waals surface area contributed by atoms with E-state index in [2.05, 4.69) is 0 Å². The zero-order valence-electron chi connectivity index (χ0n) is 5.95. The van der Waals surface area contributed by atoms with Gasteiger partial charge in [-0.05, 0) is 5.56 Å². The first-order valence-corrected chi connectivity index (χ1v) is 2.95. The average molecular weight is 335 g/mol. The number of phenolic OH excluding ortho intramolecular Hbond substituents is 1. The van der Waals surface area contributed by atoms with Crippen LogP contribution in [0.1, 0.15) is 15.9 Å². The number of benzene rings is 1. The maximum atomic E-state index is 10.2. The normalized spacial score (nSPS) is 8.33. The molecule has 0 saturated carbocycles. The molecule has 0 aliphatic carbocycles. The van der Waals surface area contributed by atoms with Gasteiger partial charge >= 0.3 is 0 Å². The van der Waals surface area contributed by atoms with Gasteiger partial charge in [0.15, 0.2) is 0 Å². The summed E-state index contributed by atoms with van der Waals surface area (Å²) in [6.07, 6.45) is 1.99. The summed E-state index contributed by atoms with van der Waals surface area (Å²) in [5.41, 5.74) is 0.112. The fourth-order valence-electron chi connectivity index (χ4n) is 0.739. The van der Waals surface area contributed by atoms with E-state index in [0.29, 0.717) is 6.29 Å². The minimum atomic E-state index is -0.308. The SMILES string of the molecule is O=[C-]c1cccc(C=O)c1O.[Re]. The van der Waals surface area contributed by atoms with E-state index in [-0.39, 0.29) is 37.3 Å². The molecule has 0 unspecified atom stereocenters. The van der Waals surface area contributed by atoms with Gasteiger partial charge in [-0.1, -0.05) is 6.07 Å². The van der Waals surface area contributed by atoms with Gasteiger partial charge in [0.05, 0.1) is 6.29 Å². The van der Waals surface area contributed by atoms with Crippen molar-refractivity contribution >= 4 is 12.6 Å². The summed E-state index contributed by atoms with van der Waals surface area (Å²) in [4.78, 5) is 20.3. The van der Waals surface area contributed by atoms with Gasteiger partial charge in [-0.25, -0.2) is 0 Å². The Bertz CT molecular complexity index is 270. The Morgan fingerprint density at radius 1 is 1.42 bits per heavy atom. The number of hydrogen-bond acceptors (Lipinski definition) is 3. The van der Waals surface area contributed by atoms with E-state index in [0.717, 1.165) is 0 Å². The zero-order valence-corrected chi connectivity index (χ0v) is 8.67. The van der Waals surface area contributed by atoms with E-state index in [4.69, 9.17) is 5.11 Å². The third kappa shape index (κ3) is 2.00. The summed E-state index contributed by atoms with van der Waals surface area (Å²) in [5, 5.41) is 9.10. The van der Waals surface area contributed by atoms with Crippen molar-refractivity contribution in [3.8, 4) is 5.75 Å². The van der Waals surface area contributed by atoms with Crippen molar-refractivity contribution in [2.24, 2.45) is 0 Å². The molecule has 12 heavy (non-hydrogen) atoms. The Hall–Kier alpha value is -0.978. The minimum absolute atomic E-state index is 0. The Kier molecular flexibility index (Phi) is 4.42. The summed E-state index contributed by atoms with van der Waals surface area (Å²) in [7, 11) is 0. The number of hydrogen-bond donors (Lipinski definition) is 1. The standard InChI is InChI=1S/C8H5O3.Re/c9-4-6-2-1-3-7(5-10)8(6)11;/h1-4,11H;/q-1;. The van der Waals surface area contributed by atoms with Gasteiger partial charge in [0.2, 0.25) is 0 Å². The van der Waals surface area contributed by atoms with Crippen LogP contribution in [-0.2, 0) is 25.2 Å². The molecule has 0 fully saturated rings. The number of carbonyl (C=O) groups is 1. The Labute approximate surface area is 83.1 Å². The Morgan fingerprint density at radius 3 is 2.58 bits per heavy atom. The topological polar surface area (TPSA) is 54.4 Å². The molecule has 0 amide bonds. The van der Waals surface area contributed by atoms with Crippen molar-refractivity contribution in [1.82, 2.24) is 0 Å². The predicted octanol–water partition coefficient (Wildman–Crippen LogP) is 0.660. The van der Waals surface area contributed by atoms with Gasteiger partial charge in [-0.15, -0.1) is 11.6 Å². The molecule has 1 rings (SSSR count). The van der Waals surface area contributed by atoms with Gasteiger partial charge < -0.3 is 9.90 Å². The number of para-hydroxylation sites is 1. The molecule has 0 heterocycles. The number of aromatic hydroxyl groups is 1. The molecule has 1 aromatic rings. The van der Waals surface area contributed by atoms with Crippen LogP contribution < -0.4 is 0 Å². The molecule has 0 aliphatic heterocycles. The van der Waals surface area contributed by atoms with E-state index < -0.39 is 0 Å².